The molecule has 0 N–H and O–H groups in total. The molecule has 0 saturated heterocycles. The molecule has 0 aromatic heterocycles. The minimum atomic E-state index is -2.52. The van der Waals surface area contributed by atoms with Crippen LogP contribution in [0.25, 0.3) is 0 Å². The van der Waals surface area contributed by atoms with E-state index in [0.717, 1.165) is 0 Å². The van der Waals surface area contributed by atoms with E-state index in [-0.39, 0.29) is 5.66 Å². The highest BCUT2D eigenvalue weighted by Gasteiger charge is 2.23. The summed E-state index contributed by atoms with van der Waals surface area (Å²) in [5.74, 6) is 0. The summed E-state index contributed by atoms with van der Waals surface area (Å²) in [5, 5.41) is 8.34. The van der Waals surface area contributed by atoms with Crippen molar-refractivity contribution in [1.82, 2.24) is 0 Å². The Balaban J connectivity index is 4.08. The molecule has 0 bridgehead atoms. The van der Waals surface area contributed by atoms with Crippen LogP contribution in [0, 0.1) is 11.3 Å². The number of hydrogen-bond donors (Lipinski definition) is 0. The lowest BCUT2D eigenvalue weighted by Crippen LogP contribution is -2.04. The van der Waals surface area contributed by atoms with Gasteiger partial charge in [-0.1, -0.05) is 6.92 Å². The van der Waals surface area contributed by atoms with Crippen molar-refractivity contribution in [3.8, 4) is 6.07 Å². The van der Waals surface area contributed by atoms with Crippen LogP contribution in [-0.4, -0.2) is 18.9 Å². The molecular weight excluding hydrogens is 161 g/mol. The standard InChI is InChI=1S/C7H14NO2P/c1-4-10-11(3,9)7(2)5-6-8/h7H,4-5H2,1-3H3. The lowest BCUT2D eigenvalue weighted by molar-refractivity contribution is 0.331. The summed E-state index contributed by atoms with van der Waals surface area (Å²) in [6.45, 7) is 5.61. The average Bonchev–Trinajstić information content (AvgIpc) is 1.88. The molecule has 0 aromatic carbocycles. The maximum atomic E-state index is 11.5. The topological polar surface area (TPSA) is 50.1 Å². The zero-order valence-corrected chi connectivity index (χ0v) is 8.10. The van der Waals surface area contributed by atoms with Crippen LogP contribution < -0.4 is 0 Å². The summed E-state index contributed by atoms with van der Waals surface area (Å²) in [7, 11) is -2.52. The van der Waals surface area contributed by atoms with Gasteiger partial charge in [0.2, 0.25) is 7.37 Å². The number of nitrogens with zero attached hydrogens (tertiary/aromatic N) is 1. The van der Waals surface area contributed by atoms with Crippen molar-refractivity contribution in [2.75, 3.05) is 13.3 Å². The Morgan fingerprint density at radius 2 is 2.27 bits per heavy atom. The van der Waals surface area contributed by atoms with Gasteiger partial charge in [0.05, 0.1) is 12.7 Å². The molecule has 0 aliphatic carbocycles. The summed E-state index contributed by atoms with van der Waals surface area (Å²) in [4.78, 5) is 0. The van der Waals surface area contributed by atoms with E-state index in [4.69, 9.17) is 9.79 Å². The number of rotatable bonds is 4. The molecule has 2 unspecified atom stereocenters. The van der Waals surface area contributed by atoms with Gasteiger partial charge >= 0.3 is 0 Å². The summed E-state index contributed by atoms with van der Waals surface area (Å²) >= 11 is 0. The van der Waals surface area contributed by atoms with Gasteiger partial charge in [0.1, 0.15) is 0 Å². The van der Waals surface area contributed by atoms with E-state index in [2.05, 4.69) is 0 Å². The second-order valence-corrected chi connectivity index (χ2v) is 5.49. The van der Waals surface area contributed by atoms with Crippen LogP contribution in [0.4, 0.5) is 0 Å². The first-order chi connectivity index (χ1) is 5.04. The summed E-state index contributed by atoms with van der Waals surface area (Å²) in [6.07, 6.45) is 0.299. The molecule has 0 radical (unpaired) electrons. The first-order valence-corrected chi connectivity index (χ1v) is 5.77. The van der Waals surface area contributed by atoms with Crippen molar-refractivity contribution in [3.63, 3.8) is 0 Å². The fourth-order valence-corrected chi connectivity index (χ4v) is 1.86. The first-order valence-electron chi connectivity index (χ1n) is 3.63. The van der Waals surface area contributed by atoms with E-state index in [1.807, 2.05) is 6.07 Å². The van der Waals surface area contributed by atoms with Crippen molar-refractivity contribution in [1.29, 1.82) is 5.26 Å². The Kier molecular flexibility index (Phi) is 4.40. The predicted octanol–water partition coefficient (Wildman–Crippen LogP) is 2.23. The second kappa shape index (κ2) is 4.54. The van der Waals surface area contributed by atoms with E-state index in [9.17, 15) is 4.57 Å². The Morgan fingerprint density at radius 3 is 2.64 bits per heavy atom. The largest absolute Gasteiger partial charge is 0.329 e. The van der Waals surface area contributed by atoms with Crippen LogP contribution in [0.5, 0.6) is 0 Å². The van der Waals surface area contributed by atoms with Gasteiger partial charge in [0.25, 0.3) is 0 Å². The quantitative estimate of drug-likeness (QED) is 0.615. The molecule has 0 fully saturated rings. The van der Waals surface area contributed by atoms with Crippen LogP contribution in [0.1, 0.15) is 20.3 Å². The van der Waals surface area contributed by atoms with Crippen molar-refractivity contribution >= 4 is 7.37 Å². The molecule has 0 aliphatic rings. The maximum Gasteiger partial charge on any atom is 0.203 e. The third-order valence-electron chi connectivity index (χ3n) is 1.57. The molecule has 11 heavy (non-hydrogen) atoms. The Bertz CT molecular complexity index is 197. The van der Waals surface area contributed by atoms with E-state index in [1.165, 1.54) is 0 Å². The van der Waals surface area contributed by atoms with Crippen LogP contribution in [-0.2, 0) is 9.09 Å². The molecule has 0 aromatic rings. The Labute approximate surface area is 67.8 Å². The monoisotopic (exact) mass is 175 g/mol. The minimum Gasteiger partial charge on any atom is -0.329 e. The molecule has 3 nitrogen and oxygen atoms in total. The van der Waals surface area contributed by atoms with Crippen LogP contribution in [0.15, 0.2) is 0 Å². The molecular formula is C7H14NO2P. The summed E-state index contributed by atoms with van der Waals surface area (Å²) in [5.41, 5.74) is -0.146. The van der Waals surface area contributed by atoms with Gasteiger partial charge in [-0.05, 0) is 6.92 Å². The minimum absolute atomic E-state index is 0.146. The van der Waals surface area contributed by atoms with E-state index >= 15 is 0 Å². The molecule has 0 aliphatic heterocycles. The van der Waals surface area contributed by atoms with Gasteiger partial charge in [-0.3, -0.25) is 4.57 Å². The smallest absolute Gasteiger partial charge is 0.203 e. The molecule has 0 heterocycles. The molecule has 0 amide bonds. The Morgan fingerprint density at radius 1 is 1.73 bits per heavy atom. The number of nitriles is 1. The average molecular weight is 175 g/mol. The molecule has 0 spiro atoms. The fraction of sp³-hybridized carbons (Fsp3) is 0.857. The molecule has 4 heteroatoms. The van der Waals surface area contributed by atoms with Crippen LogP contribution in [0.3, 0.4) is 0 Å². The fourth-order valence-electron chi connectivity index (χ4n) is 0.682. The zero-order valence-electron chi connectivity index (χ0n) is 7.20. The Hall–Kier alpha value is -0.320. The van der Waals surface area contributed by atoms with Gasteiger partial charge in [-0.15, -0.1) is 0 Å². The van der Waals surface area contributed by atoms with Gasteiger partial charge in [-0.2, -0.15) is 5.26 Å². The highest BCUT2D eigenvalue weighted by Crippen LogP contribution is 2.48. The molecule has 64 valence electrons. The second-order valence-electron chi connectivity index (χ2n) is 2.54. The van der Waals surface area contributed by atoms with E-state index < -0.39 is 7.37 Å². The van der Waals surface area contributed by atoms with Crippen molar-refractivity contribution in [2.45, 2.75) is 25.9 Å². The van der Waals surface area contributed by atoms with E-state index in [1.54, 1.807) is 20.5 Å². The third-order valence-corrected chi connectivity index (χ3v) is 4.13. The SMILES string of the molecule is CCOP(C)(=O)C(C)CC#N. The molecule has 0 rings (SSSR count). The van der Waals surface area contributed by atoms with Gasteiger partial charge < -0.3 is 4.52 Å². The van der Waals surface area contributed by atoms with Gasteiger partial charge in [0, 0.05) is 18.7 Å². The van der Waals surface area contributed by atoms with Crippen molar-refractivity contribution in [2.24, 2.45) is 0 Å². The molecule has 2 atom stereocenters. The van der Waals surface area contributed by atoms with Gasteiger partial charge in [0.15, 0.2) is 0 Å². The predicted molar refractivity (Wildman–Crippen MR) is 44.8 cm³/mol. The normalized spacial score (nSPS) is 18.4. The van der Waals surface area contributed by atoms with Crippen LogP contribution >= 0.6 is 7.37 Å². The maximum absolute atomic E-state index is 11.5. The third kappa shape index (κ3) is 3.55. The first kappa shape index (κ1) is 10.7. The van der Waals surface area contributed by atoms with Crippen molar-refractivity contribution in [3.05, 3.63) is 0 Å². The molecule has 0 saturated carbocycles. The highest BCUT2D eigenvalue weighted by atomic mass is 31.2. The zero-order chi connectivity index (χ0) is 8.91. The highest BCUT2D eigenvalue weighted by molar-refractivity contribution is 7.58. The summed E-state index contributed by atoms with van der Waals surface area (Å²) in [6, 6.07) is 1.98. The van der Waals surface area contributed by atoms with Crippen molar-refractivity contribution < 1.29 is 9.09 Å². The van der Waals surface area contributed by atoms with Crippen LogP contribution in [0.2, 0.25) is 0 Å². The van der Waals surface area contributed by atoms with E-state index in [0.29, 0.717) is 13.0 Å². The van der Waals surface area contributed by atoms with Gasteiger partial charge in [-0.25, -0.2) is 0 Å². The summed E-state index contributed by atoms with van der Waals surface area (Å²) < 4.78 is 16.6. The number of hydrogen-bond acceptors (Lipinski definition) is 3. The lowest BCUT2D eigenvalue weighted by atomic mass is 10.4. The lowest BCUT2D eigenvalue weighted by Gasteiger charge is -2.17.